The number of quaternary nitrogens is 1. The summed E-state index contributed by atoms with van der Waals surface area (Å²) in [6, 6.07) is -0.310. The maximum atomic E-state index is 10.8. The highest BCUT2D eigenvalue weighted by Crippen LogP contribution is 2.13. The van der Waals surface area contributed by atoms with Crippen LogP contribution < -0.4 is 0 Å². The van der Waals surface area contributed by atoms with E-state index in [4.69, 9.17) is 5.11 Å². The van der Waals surface area contributed by atoms with E-state index in [2.05, 4.69) is 0 Å². The van der Waals surface area contributed by atoms with E-state index < -0.39 is 5.97 Å². The summed E-state index contributed by atoms with van der Waals surface area (Å²) in [7, 11) is 5.70. The molecule has 0 bridgehead atoms. The molecule has 3 heteroatoms. The number of hydrogen-bond donors (Lipinski definition) is 1. The predicted octanol–water partition coefficient (Wildman–Crippen LogP) is 0.802. The highest BCUT2D eigenvalue weighted by Gasteiger charge is 2.33. The van der Waals surface area contributed by atoms with Gasteiger partial charge in [-0.2, -0.15) is 0 Å². The Hall–Kier alpha value is -0.570. The number of aliphatic carboxylic acids is 1. The molecule has 1 N–H and O–H groups in total. The molecule has 0 saturated carbocycles. The minimum atomic E-state index is -0.715. The van der Waals surface area contributed by atoms with Gasteiger partial charge in [0.05, 0.1) is 21.1 Å². The van der Waals surface area contributed by atoms with Crippen LogP contribution in [0.25, 0.3) is 0 Å². The summed E-state index contributed by atoms with van der Waals surface area (Å²) < 4.78 is 0.479. The third-order valence-corrected chi connectivity index (χ3v) is 1.72. The molecule has 66 valence electrons. The Morgan fingerprint density at radius 1 is 1.27 bits per heavy atom. The topological polar surface area (TPSA) is 37.3 Å². The number of rotatable bonds is 3. The number of likely N-dealkylation sites (N-methyl/N-ethyl adjacent to an activating group) is 1. The maximum absolute atomic E-state index is 10.8. The zero-order chi connectivity index (χ0) is 9.23. The van der Waals surface area contributed by atoms with E-state index in [9.17, 15) is 4.79 Å². The summed E-state index contributed by atoms with van der Waals surface area (Å²) in [6.07, 6.45) is 0. The molecule has 0 aromatic carbocycles. The first-order valence-electron chi connectivity index (χ1n) is 3.80. The van der Waals surface area contributed by atoms with Crippen molar-refractivity contribution in [1.29, 1.82) is 0 Å². The van der Waals surface area contributed by atoms with Crippen LogP contribution >= 0.6 is 0 Å². The van der Waals surface area contributed by atoms with Crippen LogP contribution in [0.5, 0.6) is 0 Å². The zero-order valence-corrected chi connectivity index (χ0v) is 7.96. The summed E-state index contributed by atoms with van der Waals surface area (Å²) in [5.41, 5.74) is 0. The predicted molar refractivity (Wildman–Crippen MR) is 44.3 cm³/mol. The third-order valence-electron chi connectivity index (χ3n) is 1.72. The van der Waals surface area contributed by atoms with Gasteiger partial charge in [0.25, 0.3) is 0 Å². The van der Waals surface area contributed by atoms with Gasteiger partial charge in [-0.25, -0.2) is 4.79 Å². The monoisotopic (exact) mass is 160 g/mol. The van der Waals surface area contributed by atoms with Gasteiger partial charge in [-0.3, -0.25) is 0 Å². The van der Waals surface area contributed by atoms with Gasteiger partial charge < -0.3 is 9.59 Å². The Labute approximate surface area is 68.2 Å². The van der Waals surface area contributed by atoms with Crippen molar-refractivity contribution in [2.24, 2.45) is 5.92 Å². The first-order valence-corrected chi connectivity index (χ1v) is 3.80. The van der Waals surface area contributed by atoms with E-state index in [0.717, 1.165) is 0 Å². The fraction of sp³-hybridized carbons (Fsp3) is 0.875. The number of hydrogen-bond acceptors (Lipinski definition) is 1. The zero-order valence-electron chi connectivity index (χ0n) is 7.96. The lowest BCUT2D eigenvalue weighted by Gasteiger charge is -2.33. The highest BCUT2D eigenvalue weighted by atomic mass is 16.4. The summed E-state index contributed by atoms with van der Waals surface area (Å²) >= 11 is 0. The number of nitrogens with zero attached hydrogens (tertiary/aromatic N) is 1. The van der Waals surface area contributed by atoms with Crippen LogP contribution in [0.2, 0.25) is 0 Å². The van der Waals surface area contributed by atoms with Gasteiger partial charge in [0.2, 0.25) is 0 Å². The van der Waals surface area contributed by atoms with Crippen molar-refractivity contribution in [3.8, 4) is 0 Å². The lowest BCUT2D eigenvalue weighted by Crippen LogP contribution is -2.52. The SMILES string of the molecule is CC(C)C(C(=O)O)[N+](C)(C)C. The van der Waals surface area contributed by atoms with Crippen molar-refractivity contribution in [2.75, 3.05) is 21.1 Å². The van der Waals surface area contributed by atoms with Crippen molar-refractivity contribution in [3.05, 3.63) is 0 Å². The van der Waals surface area contributed by atoms with Crippen molar-refractivity contribution in [1.82, 2.24) is 0 Å². The molecule has 11 heavy (non-hydrogen) atoms. The fourth-order valence-corrected chi connectivity index (χ4v) is 1.51. The van der Waals surface area contributed by atoms with Crippen LogP contribution in [0.1, 0.15) is 13.8 Å². The normalized spacial score (nSPS) is 15.1. The molecule has 0 aromatic rings. The fourth-order valence-electron chi connectivity index (χ4n) is 1.51. The maximum Gasteiger partial charge on any atom is 0.362 e. The average Bonchev–Trinajstić information content (AvgIpc) is 1.54. The van der Waals surface area contributed by atoms with E-state index in [0.29, 0.717) is 4.48 Å². The summed E-state index contributed by atoms with van der Waals surface area (Å²) in [4.78, 5) is 10.8. The van der Waals surface area contributed by atoms with Gasteiger partial charge in [0.1, 0.15) is 0 Å². The van der Waals surface area contributed by atoms with Crippen molar-refractivity contribution in [2.45, 2.75) is 19.9 Å². The number of carboxylic acid groups (broad SMARTS) is 1. The minimum Gasteiger partial charge on any atom is -0.477 e. The van der Waals surface area contributed by atoms with Crippen LogP contribution in [0.15, 0.2) is 0 Å². The van der Waals surface area contributed by atoms with E-state index in [1.165, 1.54) is 0 Å². The first-order chi connectivity index (χ1) is 4.76. The van der Waals surface area contributed by atoms with Gasteiger partial charge in [-0.1, -0.05) is 13.8 Å². The summed E-state index contributed by atoms with van der Waals surface area (Å²) in [6.45, 7) is 3.87. The molecule has 0 aromatic heterocycles. The van der Waals surface area contributed by atoms with E-state index in [-0.39, 0.29) is 12.0 Å². The lowest BCUT2D eigenvalue weighted by atomic mass is 10.0. The minimum absolute atomic E-state index is 0.174. The average molecular weight is 160 g/mol. The van der Waals surface area contributed by atoms with Gasteiger partial charge >= 0.3 is 5.97 Å². The molecule has 0 radical (unpaired) electrons. The molecule has 0 aliphatic rings. The molecule has 0 aliphatic heterocycles. The number of carboxylic acids is 1. The van der Waals surface area contributed by atoms with Crippen molar-refractivity contribution in [3.63, 3.8) is 0 Å². The smallest absolute Gasteiger partial charge is 0.362 e. The standard InChI is InChI=1S/C8H17NO2/c1-6(2)7(8(10)11)9(3,4)5/h6-7H,1-5H3/p+1. The molecule has 1 unspecified atom stereocenters. The molecule has 0 amide bonds. The second-order valence-corrected chi connectivity index (χ2v) is 4.14. The third kappa shape index (κ3) is 2.89. The van der Waals surface area contributed by atoms with Gasteiger partial charge in [-0.15, -0.1) is 0 Å². The molecule has 0 saturated heterocycles. The second kappa shape index (κ2) is 3.22. The molecule has 1 atom stereocenters. The number of carbonyl (C=O) groups is 1. The Morgan fingerprint density at radius 2 is 1.64 bits per heavy atom. The van der Waals surface area contributed by atoms with Gasteiger partial charge in [0.15, 0.2) is 6.04 Å². The summed E-state index contributed by atoms with van der Waals surface area (Å²) in [5.74, 6) is -0.542. The van der Waals surface area contributed by atoms with Crippen LogP contribution in [0, 0.1) is 5.92 Å². The quantitative estimate of drug-likeness (QED) is 0.620. The lowest BCUT2D eigenvalue weighted by molar-refractivity contribution is -0.890. The van der Waals surface area contributed by atoms with Crippen molar-refractivity contribution >= 4 is 5.97 Å². The van der Waals surface area contributed by atoms with Crippen LogP contribution in [0.4, 0.5) is 0 Å². The molecule has 0 heterocycles. The molecule has 0 fully saturated rings. The Balaban J connectivity index is 4.49. The van der Waals surface area contributed by atoms with Crippen LogP contribution in [-0.2, 0) is 4.79 Å². The first kappa shape index (κ1) is 10.4. The Bertz CT molecular complexity index is 147. The van der Waals surface area contributed by atoms with Crippen LogP contribution in [0.3, 0.4) is 0 Å². The Morgan fingerprint density at radius 3 is 1.64 bits per heavy atom. The van der Waals surface area contributed by atoms with E-state index in [1.54, 1.807) is 0 Å². The highest BCUT2D eigenvalue weighted by molar-refractivity contribution is 5.72. The molecular formula is C8H18NO2+. The van der Waals surface area contributed by atoms with E-state index in [1.807, 2.05) is 35.0 Å². The molecule has 3 nitrogen and oxygen atoms in total. The summed E-state index contributed by atoms with van der Waals surface area (Å²) in [5, 5.41) is 8.86. The Kier molecular flexibility index (Phi) is 3.05. The van der Waals surface area contributed by atoms with E-state index >= 15 is 0 Å². The second-order valence-electron chi connectivity index (χ2n) is 4.14. The largest absolute Gasteiger partial charge is 0.477 e. The van der Waals surface area contributed by atoms with Gasteiger partial charge in [-0.05, 0) is 0 Å². The van der Waals surface area contributed by atoms with Crippen molar-refractivity contribution < 1.29 is 14.4 Å². The molecule has 0 spiro atoms. The van der Waals surface area contributed by atoms with Gasteiger partial charge in [0, 0.05) is 5.92 Å². The molecule has 0 aliphatic carbocycles. The molecule has 0 rings (SSSR count). The van der Waals surface area contributed by atoms with Crippen LogP contribution in [-0.4, -0.2) is 42.7 Å². The molecular weight excluding hydrogens is 142 g/mol.